The van der Waals surface area contributed by atoms with Crippen molar-refractivity contribution in [2.45, 2.75) is 18.2 Å². The molecule has 2 aromatic rings. The van der Waals surface area contributed by atoms with Gasteiger partial charge in [-0.1, -0.05) is 12.1 Å². The minimum Gasteiger partial charge on any atom is -0.476 e. The topological polar surface area (TPSA) is 72.4 Å². The van der Waals surface area contributed by atoms with Gasteiger partial charge in [-0.25, -0.2) is 8.42 Å². The zero-order valence-electron chi connectivity index (χ0n) is 13.2. The molecule has 1 aliphatic rings. The fourth-order valence-corrected chi connectivity index (χ4v) is 5.11. The molecule has 1 saturated heterocycles. The van der Waals surface area contributed by atoms with Crippen LogP contribution in [-0.4, -0.2) is 42.6 Å². The minimum atomic E-state index is -3.49. The Morgan fingerprint density at radius 1 is 1.25 bits per heavy atom. The van der Waals surface area contributed by atoms with E-state index in [1.165, 1.54) is 4.31 Å². The molecular formula is C16H18BrN3O3S. The van der Waals surface area contributed by atoms with Crippen LogP contribution in [0, 0.1) is 12.8 Å². The van der Waals surface area contributed by atoms with Crippen LogP contribution in [0.4, 0.5) is 0 Å². The van der Waals surface area contributed by atoms with Gasteiger partial charge in [-0.2, -0.15) is 9.40 Å². The Morgan fingerprint density at radius 2 is 2.04 bits per heavy atom. The summed E-state index contributed by atoms with van der Waals surface area (Å²) in [5.74, 6) is 0.609. The zero-order chi connectivity index (χ0) is 17.2. The molecular weight excluding hydrogens is 394 g/mol. The van der Waals surface area contributed by atoms with E-state index in [0.29, 0.717) is 34.9 Å². The van der Waals surface area contributed by atoms with Gasteiger partial charge in [0.15, 0.2) is 0 Å². The van der Waals surface area contributed by atoms with Crippen LogP contribution >= 0.6 is 15.9 Å². The first kappa shape index (κ1) is 17.3. The molecule has 0 amide bonds. The van der Waals surface area contributed by atoms with Crippen molar-refractivity contribution in [1.29, 1.82) is 0 Å². The highest BCUT2D eigenvalue weighted by Gasteiger charge is 2.33. The highest BCUT2D eigenvalue weighted by molar-refractivity contribution is 9.10. The summed E-state index contributed by atoms with van der Waals surface area (Å²) in [6.07, 6.45) is 0.767. The molecule has 3 rings (SSSR count). The van der Waals surface area contributed by atoms with E-state index in [9.17, 15) is 8.42 Å². The number of hydrogen-bond donors (Lipinski definition) is 0. The lowest BCUT2D eigenvalue weighted by molar-refractivity contribution is 0.244. The van der Waals surface area contributed by atoms with Crippen LogP contribution in [-0.2, 0) is 10.0 Å². The first-order valence-electron chi connectivity index (χ1n) is 7.64. The number of nitrogens with zero attached hydrogens (tertiary/aromatic N) is 3. The van der Waals surface area contributed by atoms with Gasteiger partial charge in [0.25, 0.3) is 0 Å². The first-order valence-corrected chi connectivity index (χ1v) is 9.88. The maximum atomic E-state index is 12.7. The quantitative estimate of drug-likeness (QED) is 0.755. The van der Waals surface area contributed by atoms with Gasteiger partial charge in [-0.15, -0.1) is 5.10 Å². The molecule has 8 heteroatoms. The van der Waals surface area contributed by atoms with Crippen molar-refractivity contribution in [2.24, 2.45) is 5.92 Å². The van der Waals surface area contributed by atoms with Gasteiger partial charge < -0.3 is 4.74 Å². The highest BCUT2D eigenvalue weighted by atomic mass is 79.9. The van der Waals surface area contributed by atoms with Crippen LogP contribution < -0.4 is 4.74 Å². The number of hydrogen-bond acceptors (Lipinski definition) is 5. The van der Waals surface area contributed by atoms with Gasteiger partial charge in [0.2, 0.25) is 15.9 Å². The Kier molecular flexibility index (Phi) is 5.17. The van der Waals surface area contributed by atoms with Crippen molar-refractivity contribution in [1.82, 2.24) is 14.5 Å². The fraction of sp³-hybridized carbons (Fsp3) is 0.375. The average molecular weight is 412 g/mol. The van der Waals surface area contributed by atoms with Gasteiger partial charge in [0.05, 0.1) is 17.2 Å². The maximum absolute atomic E-state index is 12.7. The normalized spacial score (nSPS) is 18.7. The molecule has 1 aliphatic heterocycles. The highest BCUT2D eigenvalue weighted by Crippen LogP contribution is 2.29. The molecule has 1 fully saturated rings. The predicted octanol–water partition coefficient (Wildman–Crippen LogP) is 2.64. The third-order valence-corrected chi connectivity index (χ3v) is 6.82. The molecule has 24 heavy (non-hydrogen) atoms. The molecule has 6 nitrogen and oxygen atoms in total. The molecule has 2 heterocycles. The lowest BCUT2D eigenvalue weighted by atomic mass is 10.1. The van der Waals surface area contributed by atoms with Crippen LogP contribution in [0.15, 0.2) is 45.8 Å². The largest absolute Gasteiger partial charge is 0.476 e. The molecule has 1 aromatic carbocycles. The zero-order valence-corrected chi connectivity index (χ0v) is 15.6. The summed E-state index contributed by atoms with van der Waals surface area (Å²) >= 11 is 3.32. The van der Waals surface area contributed by atoms with Crippen LogP contribution in [0.2, 0.25) is 0 Å². The van der Waals surface area contributed by atoms with Crippen molar-refractivity contribution in [3.63, 3.8) is 0 Å². The van der Waals surface area contributed by atoms with E-state index >= 15 is 0 Å². The lowest BCUT2D eigenvalue weighted by Gasteiger charge is -2.17. The number of aromatic nitrogens is 2. The second kappa shape index (κ2) is 7.16. The van der Waals surface area contributed by atoms with Gasteiger partial charge in [-0.05, 0) is 47.5 Å². The number of halogens is 1. The smallest absolute Gasteiger partial charge is 0.244 e. The first-order chi connectivity index (χ1) is 11.5. The van der Waals surface area contributed by atoms with Crippen molar-refractivity contribution in [3.8, 4) is 5.88 Å². The molecule has 1 unspecified atom stereocenters. The summed E-state index contributed by atoms with van der Waals surface area (Å²) in [7, 11) is -3.49. The van der Waals surface area contributed by atoms with Crippen molar-refractivity contribution in [2.75, 3.05) is 19.7 Å². The second-order valence-corrected chi connectivity index (χ2v) is 8.53. The van der Waals surface area contributed by atoms with Crippen LogP contribution in [0.3, 0.4) is 0 Å². The Labute approximate surface area is 150 Å². The van der Waals surface area contributed by atoms with E-state index in [2.05, 4.69) is 26.1 Å². The summed E-state index contributed by atoms with van der Waals surface area (Å²) in [6, 6.07) is 10.5. The number of rotatable bonds is 5. The molecule has 0 radical (unpaired) electrons. The Hall–Kier alpha value is -1.51. The predicted molar refractivity (Wildman–Crippen MR) is 93.3 cm³/mol. The van der Waals surface area contributed by atoms with Crippen LogP contribution in [0.1, 0.15) is 12.1 Å². The monoisotopic (exact) mass is 411 g/mol. The molecule has 0 saturated carbocycles. The van der Waals surface area contributed by atoms with Crippen molar-refractivity contribution < 1.29 is 13.2 Å². The van der Waals surface area contributed by atoms with E-state index < -0.39 is 10.0 Å². The van der Waals surface area contributed by atoms with Crippen LogP contribution in [0.5, 0.6) is 5.88 Å². The van der Waals surface area contributed by atoms with Crippen molar-refractivity contribution in [3.05, 3.63) is 46.6 Å². The van der Waals surface area contributed by atoms with E-state index in [1.54, 1.807) is 30.3 Å². The fourth-order valence-electron chi connectivity index (χ4n) is 2.61. The van der Waals surface area contributed by atoms with Crippen LogP contribution in [0.25, 0.3) is 0 Å². The van der Waals surface area contributed by atoms with E-state index in [0.717, 1.165) is 12.1 Å². The van der Waals surface area contributed by atoms with E-state index in [1.807, 2.05) is 13.0 Å². The molecule has 0 spiro atoms. The molecule has 128 valence electrons. The second-order valence-electron chi connectivity index (χ2n) is 5.77. The van der Waals surface area contributed by atoms with Gasteiger partial charge in [-0.3, -0.25) is 0 Å². The summed E-state index contributed by atoms with van der Waals surface area (Å²) in [5, 5.41) is 7.90. The number of benzene rings is 1. The molecule has 1 atom stereocenters. The summed E-state index contributed by atoms with van der Waals surface area (Å²) < 4.78 is 33.2. The maximum Gasteiger partial charge on any atom is 0.244 e. The summed E-state index contributed by atoms with van der Waals surface area (Å²) in [4.78, 5) is 0.302. The minimum absolute atomic E-state index is 0.144. The van der Waals surface area contributed by atoms with Crippen molar-refractivity contribution >= 4 is 26.0 Å². The average Bonchev–Trinajstić information content (AvgIpc) is 3.04. The van der Waals surface area contributed by atoms with Gasteiger partial charge in [0.1, 0.15) is 0 Å². The molecule has 1 aromatic heterocycles. The Bertz CT molecular complexity index is 812. The Balaban J connectivity index is 1.62. The SMILES string of the molecule is Cc1ccc(OCC2CCN(S(=O)(=O)c3ccccc3Br)C2)nn1. The molecule has 0 N–H and O–H groups in total. The van der Waals surface area contributed by atoms with E-state index in [-0.39, 0.29) is 5.92 Å². The third kappa shape index (κ3) is 3.76. The van der Waals surface area contributed by atoms with Gasteiger partial charge in [0, 0.05) is 29.5 Å². The number of aryl methyl sites for hydroxylation is 1. The standard InChI is InChI=1S/C16H18BrN3O3S/c1-12-6-7-16(19-18-12)23-11-13-8-9-20(10-13)24(21,22)15-5-3-2-4-14(15)17/h2-7,13H,8-11H2,1H3. The third-order valence-electron chi connectivity index (χ3n) is 3.94. The summed E-state index contributed by atoms with van der Waals surface area (Å²) in [5.41, 5.74) is 0.828. The lowest BCUT2D eigenvalue weighted by Crippen LogP contribution is -2.30. The Morgan fingerprint density at radius 3 is 2.75 bits per heavy atom. The van der Waals surface area contributed by atoms with Gasteiger partial charge >= 0.3 is 0 Å². The molecule has 0 aliphatic carbocycles. The molecule has 0 bridgehead atoms. The number of ether oxygens (including phenoxy) is 1. The number of sulfonamides is 1. The summed E-state index contributed by atoms with van der Waals surface area (Å²) in [6.45, 7) is 3.23. The van der Waals surface area contributed by atoms with E-state index in [4.69, 9.17) is 4.74 Å².